The second kappa shape index (κ2) is 7.25. The molecule has 0 saturated heterocycles. The second-order valence-corrected chi connectivity index (χ2v) is 5.91. The van der Waals surface area contributed by atoms with Gasteiger partial charge in [-0.25, -0.2) is 15.0 Å². The first kappa shape index (κ1) is 16.7. The fourth-order valence-electron chi connectivity index (χ4n) is 2.58. The Morgan fingerprint density at radius 3 is 2.70 bits per heavy atom. The fraction of sp³-hybridized carbons (Fsp3) is 0.100. The zero-order valence-corrected chi connectivity index (χ0v) is 14.6. The summed E-state index contributed by atoms with van der Waals surface area (Å²) in [6, 6.07) is 14.6. The Labute approximate surface area is 155 Å². The molecule has 134 valence electrons. The summed E-state index contributed by atoms with van der Waals surface area (Å²) < 4.78 is 5.64. The summed E-state index contributed by atoms with van der Waals surface area (Å²) in [5.74, 6) is 0.587. The number of carbonyl (C=O) groups is 1. The number of anilines is 1. The highest BCUT2D eigenvalue weighted by molar-refractivity contribution is 6.04. The van der Waals surface area contributed by atoms with Crippen molar-refractivity contribution in [2.24, 2.45) is 0 Å². The quantitative estimate of drug-likeness (QED) is 0.563. The number of nitrogens with one attached hydrogen (secondary N) is 2. The van der Waals surface area contributed by atoms with Crippen LogP contribution in [0.3, 0.4) is 0 Å². The molecule has 0 bridgehead atoms. The van der Waals surface area contributed by atoms with Crippen LogP contribution in [0, 0.1) is 0 Å². The van der Waals surface area contributed by atoms with Crippen LogP contribution >= 0.6 is 0 Å². The average Bonchev–Trinajstić information content (AvgIpc) is 3.11. The molecule has 7 heteroatoms. The Hall–Kier alpha value is -3.74. The topological polar surface area (TPSA) is 92.8 Å². The Kier molecular flexibility index (Phi) is 4.49. The number of aromatic nitrogens is 4. The summed E-state index contributed by atoms with van der Waals surface area (Å²) >= 11 is 0. The molecule has 0 aliphatic rings. The number of amides is 1. The van der Waals surface area contributed by atoms with E-state index in [1.54, 1.807) is 36.7 Å². The van der Waals surface area contributed by atoms with E-state index in [-0.39, 0.29) is 11.9 Å². The maximum absolute atomic E-state index is 12.5. The first-order valence-electron chi connectivity index (χ1n) is 8.56. The van der Waals surface area contributed by atoms with Crippen molar-refractivity contribution in [1.29, 1.82) is 0 Å². The van der Waals surface area contributed by atoms with Crippen LogP contribution in [-0.2, 0) is 6.42 Å². The molecule has 0 fully saturated rings. The molecule has 7 nitrogen and oxygen atoms in total. The van der Waals surface area contributed by atoms with Crippen LogP contribution in [0.4, 0.5) is 5.95 Å². The van der Waals surface area contributed by atoms with Crippen molar-refractivity contribution in [3.05, 3.63) is 72.1 Å². The minimum Gasteiger partial charge on any atom is -0.424 e. The molecule has 2 N–H and O–H groups in total. The van der Waals surface area contributed by atoms with E-state index in [1.165, 1.54) is 0 Å². The van der Waals surface area contributed by atoms with Crippen LogP contribution in [0.5, 0.6) is 11.8 Å². The number of benzene rings is 2. The van der Waals surface area contributed by atoms with Crippen molar-refractivity contribution in [3.8, 4) is 11.8 Å². The molecule has 1 amide bonds. The van der Waals surface area contributed by atoms with Crippen molar-refractivity contribution in [3.63, 3.8) is 0 Å². The minimum absolute atomic E-state index is 0.238. The first-order valence-corrected chi connectivity index (χ1v) is 8.56. The van der Waals surface area contributed by atoms with Crippen LogP contribution < -0.4 is 10.1 Å². The number of H-pyrrole nitrogens is 1. The number of imidazole rings is 1. The molecule has 2 aromatic heterocycles. The first-order chi connectivity index (χ1) is 13.2. The number of ether oxygens (including phenoxy) is 1. The summed E-state index contributed by atoms with van der Waals surface area (Å²) in [5, 5.41) is 2.76. The van der Waals surface area contributed by atoms with Gasteiger partial charge in [0.15, 0.2) is 0 Å². The van der Waals surface area contributed by atoms with Gasteiger partial charge in [-0.05, 0) is 42.3 Å². The number of aryl methyl sites for hydroxylation is 1. The number of carbonyl (C=O) groups excluding carboxylic acids is 1. The van der Waals surface area contributed by atoms with Gasteiger partial charge in [0.25, 0.3) is 5.91 Å². The summed E-state index contributed by atoms with van der Waals surface area (Å²) in [6.07, 6.45) is 4.30. The Balaban J connectivity index is 1.49. The third kappa shape index (κ3) is 3.77. The van der Waals surface area contributed by atoms with Gasteiger partial charge in [0.1, 0.15) is 5.75 Å². The van der Waals surface area contributed by atoms with E-state index in [1.807, 2.05) is 31.2 Å². The van der Waals surface area contributed by atoms with E-state index in [9.17, 15) is 4.79 Å². The molecule has 0 atom stereocenters. The van der Waals surface area contributed by atoms with Crippen molar-refractivity contribution in [1.82, 2.24) is 19.9 Å². The molecule has 0 spiro atoms. The predicted molar refractivity (Wildman–Crippen MR) is 102 cm³/mol. The monoisotopic (exact) mass is 359 g/mol. The molecule has 27 heavy (non-hydrogen) atoms. The number of hydrogen-bond donors (Lipinski definition) is 2. The van der Waals surface area contributed by atoms with E-state index in [0.717, 1.165) is 23.0 Å². The van der Waals surface area contributed by atoms with Crippen molar-refractivity contribution in [2.45, 2.75) is 13.3 Å². The molecule has 4 rings (SSSR count). The SMILES string of the molecule is CCc1cnc(Oc2cccc(C(=O)Nc3nc4ccccc4[nH]3)c2)nc1. The second-order valence-electron chi connectivity index (χ2n) is 5.91. The molecule has 0 unspecified atom stereocenters. The fourth-order valence-corrected chi connectivity index (χ4v) is 2.58. The lowest BCUT2D eigenvalue weighted by Gasteiger charge is -2.06. The third-order valence-electron chi connectivity index (χ3n) is 4.02. The predicted octanol–water partition coefficient (Wildman–Crippen LogP) is 3.96. The summed E-state index contributed by atoms with van der Waals surface area (Å²) in [4.78, 5) is 28.3. The molecule has 0 aliphatic heterocycles. The van der Waals surface area contributed by atoms with Gasteiger partial charge in [0, 0.05) is 18.0 Å². The molecule has 0 radical (unpaired) electrons. The number of fused-ring (bicyclic) bond motifs is 1. The summed E-state index contributed by atoms with van der Waals surface area (Å²) in [5.41, 5.74) is 3.12. The summed E-state index contributed by atoms with van der Waals surface area (Å²) in [7, 11) is 0. The van der Waals surface area contributed by atoms with Crippen LogP contribution in [0.2, 0.25) is 0 Å². The molecule has 2 heterocycles. The van der Waals surface area contributed by atoms with E-state index in [4.69, 9.17) is 4.74 Å². The average molecular weight is 359 g/mol. The Morgan fingerprint density at radius 1 is 1.11 bits per heavy atom. The van der Waals surface area contributed by atoms with E-state index in [2.05, 4.69) is 25.3 Å². The molecule has 4 aromatic rings. The maximum atomic E-state index is 12.5. The number of aromatic amines is 1. The lowest BCUT2D eigenvalue weighted by atomic mass is 10.2. The van der Waals surface area contributed by atoms with Gasteiger partial charge in [-0.3, -0.25) is 10.1 Å². The number of para-hydroxylation sites is 2. The van der Waals surface area contributed by atoms with Crippen LogP contribution in [-0.4, -0.2) is 25.8 Å². The van der Waals surface area contributed by atoms with E-state index < -0.39 is 0 Å². The highest BCUT2D eigenvalue weighted by atomic mass is 16.5. The zero-order valence-electron chi connectivity index (χ0n) is 14.6. The van der Waals surface area contributed by atoms with E-state index >= 15 is 0 Å². The lowest BCUT2D eigenvalue weighted by Crippen LogP contribution is -2.12. The maximum Gasteiger partial charge on any atom is 0.321 e. The Bertz CT molecular complexity index is 1060. The highest BCUT2D eigenvalue weighted by Gasteiger charge is 2.11. The van der Waals surface area contributed by atoms with E-state index in [0.29, 0.717) is 17.3 Å². The summed E-state index contributed by atoms with van der Waals surface area (Å²) in [6.45, 7) is 2.03. The van der Waals surface area contributed by atoms with Gasteiger partial charge in [0.2, 0.25) is 5.95 Å². The van der Waals surface area contributed by atoms with Gasteiger partial charge < -0.3 is 9.72 Å². The number of rotatable bonds is 5. The van der Waals surface area contributed by atoms with Crippen LogP contribution in [0.1, 0.15) is 22.8 Å². The highest BCUT2D eigenvalue weighted by Crippen LogP contribution is 2.20. The zero-order chi connectivity index (χ0) is 18.6. The van der Waals surface area contributed by atoms with Crippen molar-refractivity contribution < 1.29 is 9.53 Å². The van der Waals surface area contributed by atoms with Gasteiger partial charge in [-0.1, -0.05) is 25.1 Å². The number of nitrogens with zero attached hydrogens (tertiary/aromatic N) is 3. The molecular formula is C20H17N5O2. The smallest absolute Gasteiger partial charge is 0.321 e. The Morgan fingerprint density at radius 2 is 1.93 bits per heavy atom. The normalized spacial score (nSPS) is 10.7. The van der Waals surface area contributed by atoms with Crippen molar-refractivity contribution >= 4 is 22.9 Å². The standard InChI is InChI=1S/C20H17N5O2/c1-2-13-11-21-20(22-12-13)27-15-7-5-6-14(10-15)18(26)25-19-23-16-8-3-4-9-17(16)24-19/h3-12H,2H2,1H3,(H2,23,24,25,26). The van der Waals surface area contributed by atoms with Gasteiger partial charge >= 0.3 is 6.01 Å². The largest absolute Gasteiger partial charge is 0.424 e. The molecular weight excluding hydrogens is 342 g/mol. The van der Waals surface area contributed by atoms with Gasteiger partial charge in [-0.15, -0.1) is 0 Å². The van der Waals surface area contributed by atoms with Gasteiger partial charge in [-0.2, -0.15) is 0 Å². The lowest BCUT2D eigenvalue weighted by molar-refractivity contribution is 0.102. The third-order valence-corrected chi connectivity index (χ3v) is 4.02. The molecule has 0 saturated carbocycles. The van der Waals surface area contributed by atoms with Crippen LogP contribution in [0.15, 0.2) is 60.9 Å². The van der Waals surface area contributed by atoms with Crippen LogP contribution in [0.25, 0.3) is 11.0 Å². The number of hydrogen-bond acceptors (Lipinski definition) is 5. The molecule has 2 aromatic carbocycles. The minimum atomic E-state index is -0.290. The van der Waals surface area contributed by atoms with Crippen molar-refractivity contribution in [2.75, 3.05) is 5.32 Å². The van der Waals surface area contributed by atoms with Gasteiger partial charge in [0.05, 0.1) is 11.0 Å². The molecule has 0 aliphatic carbocycles.